The number of hydrogen-bond acceptors (Lipinski definition) is 11. The standard InChI is InChI=1S/C20H21Cl2FIN3O4.C16H14Cl2FIN2O4/c21-15-8-14(19(9-17(15)23)25-18-2-1-12(24)7-16(18)22)20(29)26-31-11-13(28)10-27-3-5-30-6-4-27;17-11-4-10(16(25)22-26-7-9(24)6-23)15(5-13(11)19)21-14-2-1-8(20)3-12(14)18/h1-2,7-9,13,25,28H,3-6,10-11H2,(H,26,29);1-5,9,21,23-24H,6-7H2,(H,22,25). The van der Waals surface area contributed by atoms with Gasteiger partial charge in [0, 0.05) is 26.8 Å². The number of hydrogen-bond donors (Lipinski definition) is 7. The zero-order valence-corrected chi connectivity index (χ0v) is 36.8. The molecule has 1 fully saturated rings. The van der Waals surface area contributed by atoms with Crippen LogP contribution in [-0.4, -0.2) is 96.9 Å². The average Bonchev–Trinajstić information content (AvgIpc) is 3.17. The third-order valence-corrected chi connectivity index (χ3v) is 10.2. The lowest BCUT2D eigenvalue weighted by Crippen LogP contribution is -2.42. The predicted molar refractivity (Wildman–Crippen MR) is 231 cm³/mol. The fourth-order valence-corrected chi connectivity index (χ4v) is 6.99. The Bertz CT molecular complexity index is 2020. The molecule has 308 valence electrons. The van der Waals surface area contributed by atoms with Gasteiger partial charge in [-0.05, 0) is 106 Å². The lowest BCUT2D eigenvalue weighted by molar-refractivity contribution is -0.0362. The number of anilines is 4. The number of ether oxygens (including phenoxy) is 1. The summed E-state index contributed by atoms with van der Waals surface area (Å²) in [6.07, 6.45) is -1.94. The molecule has 57 heavy (non-hydrogen) atoms. The molecule has 4 aromatic carbocycles. The first-order valence-corrected chi connectivity index (χ1v) is 20.4. The molecule has 13 nitrogen and oxygen atoms in total. The molecule has 0 spiro atoms. The van der Waals surface area contributed by atoms with E-state index in [9.17, 15) is 28.6 Å². The summed E-state index contributed by atoms with van der Waals surface area (Å²) in [5, 5.41) is 34.2. The van der Waals surface area contributed by atoms with Crippen LogP contribution in [0.25, 0.3) is 0 Å². The molecule has 1 aliphatic heterocycles. The minimum Gasteiger partial charge on any atom is -0.394 e. The second-order valence-corrected chi connectivity index (χ2v) is 16.1. The number of hydroxylamine groups is 2. The predicted octanol–water partition coefficient (Wildman–Crippen LogP) is 7.33. The molecule has 0 bridgehead atoms. The van der Waals surface area contributed by atoms with Gasteiger partial charge in [-0.3, -0.25) is 24.2 Å². The number of benzene rings is 4. The number of carbonyl (C=O) groups is 2. The van der Waals surface area contributed by atoms with E-state index >= 15 is 0 Å². The number of nitrogens with zero attached hydrogens (tertiary/aromatic N) is 1. The van der Waals surface area contributed by atoms with Gasteiger partial charge in [0.1, 0.15) is 31.0 Å². The number of β-amino-alcohol motifs (C(OH)–C–C–N with tert-alkyl or cyclic N) is 1. The lowest BCUT2D eigenvalue weighted by Gasteiger charge is -2.28. The van der Waals surface area contributed by atoms with Gasteiger partial charge in [0.15, 0.2) is 0 Å². The SMILES string of the molecule is O=C(NOCC(O)CN1CCOCC1)c1cc(Cl)c(F)cc1Nc1ccc(I)cc1Cl.O=C(NOCC(O)CO)c1cc(Cl)c(F)cc1Nc1ccc(I)cc1Cl. The maximum Gasteiger partial charge on any atom is 0.277 e. The second kappa shape index (κ2) is 23.4. The van der Waals surface area contributed by atoms with E-state index in [1.54, 1.807) is 30.3 Å². The van der Waals surface area contributed by atoms with Crippen molar-refractivity contribution in [2.45, 2.75) is 12.2 Å². The van der Waals surface area contributed by atoms with Crippen molar-refractivity contribution >= 4 is 126 Å². The van der Waals surface area contributed by atoms with Crippen molar-refractivity contribution in [3.05, 3.63) is 111 Å². The zero-order chi connectivity index (χ0) is 41.6. The Hall–Kier alpha value is -2.38. The van der Waals surface area contributed by atoms with Crippen molar-refractivity contribution < 1.29 is 48.1 Å². The largest absolute Gasteiger partial charge is 0.394 e. The number of carbonyl (C=O) groups excluding carboxylic acids is 2. The molecule has 1 saturated heterocycles. The Morgan fingerprint density at radius 3 is 1.56 bits per heavy atom. The quantitative estimate of drug-likeness (QED) is 0.0470. The van der Waals surface area contributed by atoms with Gasteiger partial charge in [0.05, 0.1) is 79.9 Å². The first kappa shape index (κ1) is 47.3. The summed E-state index contributed by atoms with van der Waals surface area (Å²) in [6, 6.07) is 15.0. The van der Waals surface area contributed by atoms with E-state index in [4.69, 9.17) is 65.9 Å². The van der Waals surface area contributed by atoms with E-state index in [0.29, 0.717) is 41.2 Å². The summed E-state index contributed by atoms with van der Waals surface area (Å²) in [6.45, 7) is 2.16. The third-order valence-electron chi connectivity index (χ3n) is 7.68. The van der Waals surface area contributed by atoms with Gasteiger partial charge >= 0.3 is 0 Å². The van der Waals surface area contributed by atoms with Crippen LogP contribution in [0.2, 0.25) is 20.1 Å². The monoisotopic (exact) mass is 1100 g/mol. The number of nitrogens with one attached hydrogen (secondary N) is 4. The maximum atomic E-state index is 14.1. The second-order valence-electron chi connectivity index (χ2n) is 12.0. The first-order chi connectivity index (χ1) is 27.1. The molecule has 5 rings (SSSR count). The fraction of sp³-hybridized carbons (Fsp3) is 0.278. The van der Waals surface area contributed by atoms with Gasteiger partial charge in [-0.15, -0.1) is 0 Å². The van der Waals surface area contributed by atoms with E-state index in [0.717, 1.165) is 38.4 Å². The molecule has 1 aliphatic rings. The topological polar surface area (TPSA) is 174 Å². The molecule has 2 unspecified atom stereocenters. The number of aliphatic hydroxyl groups excluding tert-OH is 3. The number of rotatable bonds is 15. The van der Waals surface area contributed by atoms with Gasteiger partial charge in [-0.1, -0.05) is 46.4 Å². The molecular weight excluding hydrogens is 1060 g/mol. The fourth-order valence-electron chi connectivity index (χ4n) is 4.85. The van der Waals surface area contributed by atoms with E-state index in [1.165, 1.54) is 6.07 Å². The number of aliphatic hydroxyl groups is 3. The van der Waals surface area contributed by atoms with E-state index in [1.807, 2.05) is 11.0 Å². The Morgan fingerprint density at radius 2 is 1.14 bits per heavy atom. The summed E-state index contributed by atoms with van der Waals surface area (Å²) in [5.41, 5.74) is 5.69. The molecule has 7 N–H and O–H groups in total. The van der Waals surface area contributed by atoms with Gasteiger partial charge in [0.2, 0.25) is 0 Å². The Balaban J connectivity index is 0.000000257. The van der Waals surface area contributed by atoms with Crippen LogP contribution in [0.1, 0.15) is 20.7 Å². The van der Waals surface area contributed by atoms with Gasteiger partial charge in [0.25, 0.3) is 11.8 Å². The normalized spacial score (nSPS) is 13.9. The summed E-state index contributed by atoms with van der Waals surface area (Å²) in [5.74, 6) is -2.78. The minimum absolute atomic E-state index is 0.00417. The van der Waals surface area contributed by atoms with Crippen LogP contribution in [0.15, 0.2) is 60.7 Å². The highest BCUT2D eigenvalue weighted by molar-refractivity contribution is 14.1. The molecule has 0 aromatic heterocycles. The van der Waals surface area contributed by atoms with Crippen LogP contribution in [0.3, 0.4) is 0 Å². The number of halogens is 8. The molecule has 2 atom stereocenters. The molecular formula is C36H35Cl4F2I2N5O8. The summed E-state index contributed by atoms with van der Waals surface area (Å²) < 4.78 is 35.0. The van der Waals surface area contributed by atoms with Crippen molar-refractivity contribution in [3.63, 3.8) is 0 Å². The number of amides is 2. The van der Waals surface area contributed by atoms with E-state index < -0.39 is 42.3 Å². The molecule has 0 aliphatic carbocycles. The molecule has 1 heterocycles. The van der Waals surface area contributed by atoms with Crippen LogP contribution in [0, 0.1) is 18.8 Å². The van der Waals surface area contributed by atoms with Crippen LogP contribution in [0.4, 0.5) is 31.5 Å². The van der Waals surface area contributed by atoms with Crippen LogP contribution in [-0.2, 0) is 14.4 Å². The summed E-state index contributed by atoms with van der Waals surface area (Å²) >= 11 is 28.2. The smallest absolute Gasteiger partial charge is 0.277 e. The number of morpholine rings is 1. The molecule has 0 radical (unpaired) electrons. The third kappa shape index (κ3) is 15.0. The van der Waals surface area contributed by atoms with Crippen molar-refractivity contribution in [1.29, 1.82) is 0 Å². The molecule has 2 amide bonds. The van der Waals surface area contributed by atoms with Crippen LogP contribution >= 0.6 is 91.6 Å². The Kier molecular flexibility index (Phi) is 19.4. The van der Waals surface area contributed by atoms with Crippen molar-refractivity contribution in [3.8, 4) is 0 Å². The highest BCUT2D eigenvalue weighted by Crippen LogP contribution is 2.33. The Morgan fingerprint density at radius 1 is 0.702 bits per heavy atom. The lowest BCUT2D eigenvalue weighted by atomic mass is 10.1. The Labute approximate surface area is 373 Å². The van der Waals surface area contributed by atoms with Gasteiger partial charge < -0.3 is 30.7 Å². The van der Waals surface area contributed by atoms with Gasteiger partial charge in [-0.25, -0.2) is 19.7 Å². The highest BCUT2D eigenvalue weighted by Gasteiger charge is 2.20. The van der Waals surface area contributed by atoms with Crippen LogP contribution in [0.5, 0.6) is 0 Å². The van der Waals surface area contributed by atoms with Crippen molar-refractivity contribution in [2.24, 2.45) is 0 Å². The van der Waals surface area contributed by atoms with E-state index in [2.05, 4.69) is 66.8 Å². The molecule has 4 aromatic rings. The summed E-state index contributed by atoms with van der Waals surface area (Å²) in [7, 11) is 0. The van der Waals surface area contributed by atoms with Crippen molar-refractivity contribution in [2.75, 3.05) is 63.3 Å². The average molecular weight is 1100 g/mol. The molecule has 21 heteroatoms. The zero-order valence-electron chi connectivity index (χ0n) is 29.4. The minimum atomic E-state index is -1.14. The molecule has 0 saturated carbocycles. The van der Waals surface area contributed by atoms with Crippen molar-refractivity contribution in [1.82, 2.24) is 15.9 Å². The maximum absolute atomic E-state index is 14.1. The van der Waals surface area contributed by atoms with E-state index in [-0.39, 0.29) is 45.8 Å². The van der Waals surface area contributed by atoms with Gasteiger partial charge in [-0.2, -0.15) is 0 Å². The summed E-state index contributed by atoms with van der Waals surface area (Å²) in [4.78, 5) is 37.0. The first-order valence-electron chi connectivity index (χ1n) is 16.7. The highest BCUT2D eigenvalue weighted by atomic mass is 127. The van der Waals surface area contributed by atoms with Crippen LogP contribution < -0.4 is 21.6 Å².